The summed E-state index contributed by atoms with van der Waals surface area (Å²) in [5, 5.41) is 27.8. The normalized spacial score (nSPS) is 14.3. The van der Waals surface area contributed by atoms with Crippen molar-refractivity contribution in [2.24, 2.45) is 0 Å². The fourth-order valence-electron chi connectivity index (χ4n) is 5.16. The van der Waals surface area contributed by atoms with Crippen molar-refractivity contribution in [1.29, 1.82) is 0 Å². The molecule has 5 rings (SSSR count). The fraction of sp³-hybridized carbons (Fsp3) is 0.276. The molecule has 0 unspecified atom stereocenters. The number of ketones is 1. The Bertz CT molecular complexity index is 1500. The van der Waals surface area contributed by atoms with Gasteiger partial charge in [0.25, 0.3) is 5.91 Å². The third kappa shape index (κ3) is 5.45. The van der Waals surface area contributed by atoms with Crippen molar-refractivity contribution in [2.45, 2.75) is 44.2 Å². The molecule has 0 aliphatic heterocycles. The highest BCUT2D eigenvalue weighted by molar-refractivity contribution is 6.12. The Balaban J connectivity index is 1.51. The highest BCUT2D eigenvalue weighted by atomic mass is 19.4. The average molecular weight is 554 g/mol. The zero-order valence-electron chi connectivity index (χ0n) is 21.2. The van der Waals surface area contributed by atoms with Crippen molar-refractivity contribution in [3.05, 3.63) is 83.2 Å². The van der Waals surface area contributed by atoms with Gasteiger partial charge in [-0.25, -0.2) is 0 Å². The number of amides is 1. The number of aromatic nitrogens is 2. The van der Waals surface area contributed by atoms with E-state index < -0.39 is 36.0 Å². The van der Waals surface area contributed by atoms with Gasteiger partial charge in [-0.05, 0) is 37.1 Å². The molecule has 0 saturated heterocycles. The number of aromatic hydroxyl groups is 2. The average Bonchev–Trinajstić information content (AvgIpc) is 3.59. The SMILES string of the molecule is O=C(NCC(F)(F)F)c1ccc(C(=O)c2c(O)c(O)n(-c3ccc(-c4ccon4)cc3)c2C2CCCCC2)cc1. The second kappa shape index (κ2) is 10.9. The molecule has 0 atom stereocenters. The first kappa shape index (κ1) is 27.0. The Hall–Kier alpha value is -4.54. The number of alkyl halides is 3. The zero-order valence-corrected chi connectivity index (χ0v) is 21.2. The van der Waals surface area contributed by atoms with Crippen LogP contribution >= 0.6 is 0 Å². The predicted octanol–water partition coefficient (Wildman–Crippen LogP) is 6.11. The molecule has 1 aliphatic carbocycles. The lowest BCUT2D eigenvalue weighted by molar-refractivity contribution is -0.123. The van der Waals surface area contributed by atoms with E-state index in [1.165, 1.54) is 35.1 Å². The molecule has 2 heterocycles. The van der Waals surface area contributed by atoms with Gasteiger partial charge in [0, 0.05) is 40.1 Å². The summed E-state index contributed by atoms with van der Waals surface area (Å²) in [6.07, 6.45) is 1.33. The summed E-state index contributed by atoms with van der Waals surface area (Å²) in [5.74, 6) is -2.64. The van der Waals surface area contributed by atoms with Crippen LogP contribution in [0.5, 0.6) is 11.6 Å². The molecule has 4 aromatic rings. The van der Waals surface area contributed by atoms with Crippen LogP contribution in [-0.2, 0) is 0 Å². The van der Waals surface area contributed by atoms with Gasteiger partial charge in [-0.2, -0.15) is 13.2 Å². The third-order valence-electron chi connectivity index (χ3n) is 7.09. The van der Waals surface area contributed by atoms with Crippen LogP contribution in [0.3, 0.4) is 0 Å². The Kier molecular flexibility index (Phi) is 7.38. The largest absolute Gasteiger partial charge is 0.503 e. The van der Waals surface area contributed by atoms with Crippen molar-refractivity contribution < 1.29 is 37.5 Å². The molecule has 11 heteroatoms. The van der Waals surface area contributed by atoms with Crippen molar-refractivity contribution in [2.75, 3.05) is 6.54 Å². The van der Waals surface area contributed by atoms with Crippen LogP contribution in [0.25, 0.3) is 16.9 Å². The van der Waals surface area contributed by atoms with Crippen molar-refractivity contribution >= 4 is 11.7 Å². The number of benzene rings is 2. The number of carbonyl (C=O) groups is 2. The summed E-state index contributed by atoms with van der Waals surface area (Å²) >= 11 is 0. The van der Waals surface area contributed by atoms with Crippen molar-refractivity contribution in [1.82, 2.24) is 15.0 Å². The number of hydrogen-bond acceptors (Lipinski definition) is 6. The molecule has 0 spiro atoms. The van der Waals surface area contributed by atoms with Gasteiger partial charge in [0.15, 0.2) is 11.5 Å². The van der Waals surface area contributed by atoms with E-state index in [4.69, 9.17) is 4.52 Å². The molecule has 1 aliphatic rings. The summed E-state index contributed by atoms with van der Waals surface area (Å²) in [7, 11) is 0. The summed E-state index contributed by atoms with van der Waals surface area (Å²) < 4.78 is 43.7. The van der Waals surface area contributed by atoms with E-state index in [0.717, 1.165) is 37.7 Å². The van der Waals surface area contributed by atoms with Crippen molar-refractivity contribution in [3.63, 3.8) is 0 Å². The molecule has 2 aromatic heterocycles. The lowest BCUT2D eigenvalue weighted by atomic mass is 9.84. The summed E-state index contributed by atoms with van der Waals surface area (Å²) in [6, 6.07) is 13.9. The predicted molar refractivity (Wildman–Crippen MR) is 139 cm³/mol. The van der Waals surface area contributed by atoms with E-state index in [2.05, 4.69) is 5.16 Å². The molecule has 2 aromatic carbocycles. The van der Waals surface area contributed by atoms with Crippen LogP contribution in [0.1, 0.15) is 70.0 Å². The number of hydrogen-bond donors (Lipinski definition) is 3. The molecule has 208 valence electrons. The number of carbonyl (C=O) groups excluding carboxylic acids is 2. The second-order valence-electron chi connectivity index (χ2n) is 9.74. The molecular weight excluding hydrogens is 527 g/mol. The minimum Gasteiger partial charge on any atom is -0.503 e. The maximum absolute atomic E-state index is 13.7. The van der Waals surface area contributed by atoms with E-state index in [1.807, 2.05) is 0 Å². The molecule has 0 radical (unpaired) electrons. The first-order valence-electron chi connectivity index (χ1n) is 12.8. The minimum absolute atomic E-state index is 0.0424. The van der Waals surface area contributed by atoms with Gasteiger partial charge >= 0.3 is 6.18 Å². The third-order valence-corrected chi connectivity index (χ3v) is 7.09. The number of nitrogens with zero attached hydrogens (tertiary/aromatic N) is 2. The Morgan fingerprint density at radius 2 is 1.60 bits per heavy atom. The quantitative estimate of drug-likeness (QED) is 0.238. The van der Waals surface area contributed by atoms with Crippen LogP contribution < -0.4 is 5.32 Å². The smallest absolute Gasteiger partial charge is 0.405 e. The maximum atomic E-state index is 13.7. The maximum Gasteiger partial charge on any atom is 0.405 e. The van der Waals surface area contributed by atoms with E-state index in [9.17, 15) is 33.0 Å². The Labute approximate surface area is 227 Å². The minimum atomic E-state index is -4.55. The van der Waals surface area contributed by atoms with Crippen LogP contribution in [-0.4, -0.2) is 44.3 Å². The number of nitrogens with one attached hydrogen (secondary N) is 1. The first-order valence-corrected chi connectivity index (χ1v) is 12.8. The van der Waals surface area contributed by atoms with Gasteiger partial charge in [-0.15, -0.1) is 0 Å². The molecule has 40 heavy (non-hydrogen) atoms. The van der Waals surface area contributed by atoms with Gasteiger partial charge in [0.1, 0.15) is 18.5 Å². The molecule has 8 nitrogen and oxygen atoms in total. The Morgan fingerprint density at radius 3 is 2.20 bits per heavy atom. The van der Waals surface area contributed by atoms with Gasteiger partial charge in [-0.3, -0.25) is 14.2 Å². The van der Waals surface area contributed by atoms with Crippen LogP contribution in [0.2, 0.25) is 0 Å². The fourth-order valence-corrected chi connectivity index (χ4v) is 5.16. The molecular formula is C29H26F3N3O5. The van der Waals surface area contributed by atoms with Crippen LogP contribution in [0.4, 0.5) is 13.2 Å². The topological polar surface area (TPSA) is 118 Å². The summed E-state index contributed by atoms with van der Waals surface area (Å²) in [4.78, 5) is 25.8. The first-order chi connectivity index (χ1) is 19.1. The highest BCUT2D eigenvalue weighted by Gasteiger charge is 2.34. The monoisotopic (exact) mass is 553 g/mol. The highest BCUT2D eigenvalue weighted by Crippen LogP contribution is 2.46. The standard InChI is InChI=1S/C29H26F3N3O5/c30-29(31,32)16-33-27(38)20-8-6-19(7-9-20)25(36)23-24(18-4-2-1-3-5-18)35(28(39)26(23)37)21-12-10-17(11-13-21)22-14-15-40-34-22/h6-15,18,37,39H,1-5,16H2,(H,33,38). The van der Waals surface area contributed by atoms with Crippen LogP contribution in [0.15, 0.2) is 65.4 Å². The van der Waals surface area contributed by atoms with E-state index in [0.29, 0.717) is 17.1 Å². The lowest BCUT2D eigenvalue weighted by Gasteiger charge is -2.25. The molecule has 1 saturated carbocycles. The van der Waals surface area contributed by atoms with Gasteiger partial charge in [0.05, 0.1) is 5.56 Å². The van der Waals surface area contributed by atoms with Gasteiger partial charge in [0.2, 0.25) is 5.88 Å². The summed E-state index contributed by atoms with van der Waals surface area (Å²) in [5.41, 5.74) is 2.45. The van der Waals surface area contributed by atoms with E-state index >= 15 is 0 Å². The van der Waals surface area contributed by atoms with Crippen LogP contribution in [0, 0.1) is 0 Å². The summed E-state index contributed by atoms with van der Waals surface area (Å²) in [6.45, 7) is -1.47. The van der Waals surface area contributed by atoms with Gasteiger partial charge < -0.3 is 20.1 Å². The molecule has 1 amide bonds. The van der Waals surface area contributed by atoms with Crippen molar-refractivity contribution in [3.8, 4) is 28.6 Å². The second-order valence-corrected chi connectivity index (χ2v) is 9.74. The zero-order chi connectivity index (χ0) is 28.4. The lowest BCUT2D eigenvalue weighted by Crippen LogP contribution is -2.33. The molecule has 1 fully saturated rings. The van der Waals surface area contributed by atoms with E-state index in [-0.39, 0.29) is 22.6 Å². The Morgan fingerprint density at radius 1 is 0.950 bits per heavy atom. The number of halogens is 3. The molecule has 3 N–H and O–H groups in total. The van der Waals surface area contributed by atoms with E-state index in [1.54, 1.807) is 35.6 Å². The van der Waals surface area contributed by atoms with Gasteiger partial charge in [-0.1, -0.05) is 48.7 Å². The number of rotatable bonds is 7. The molecule has 0 bridgehead atoms.